The highest BCUT2D eigenvalue weighted by atomic mass is 16.2. The molecule has 3 aliphatic heterocycles. The van der Waals surface area contributed by atoms with Crippen LogP contribution in [0.15, 0.2) is 47.8 Å². The minimum atomic E-state index is -0.0668. The van der Waals surface area contributed by atoms with E-state index in [1.165, 1.54) is 25.6 Å². The van der Waals surface area contributed by atoms with Gasteiger partial charge in [0, 0.05) is 58.0 Å². The summed E-state index contributed by atoms with van der Waals surface area (Å²) in [5.41, 5.74) is 1.54. The Morgan fingerprint density at radius 1 is 0.800 bits per heavy atom. The first kappa shape index (κ1) is 23.3. The molecule has 35 heavy (non-hydrogen) atoms. The molecule has 1 aromatic carbocycles. The zero-order chi connectivity index (χ0) is 24.0. The van der Waals surface area contributed by atoms with Crippen molar-refractivity contribution in [1.82, 2.24) is 24.8 Å². The molecule has 5 rings (SSSR count). The number of urea groups is 1. The summed E-state index contributed by atoms with van der Waals surface area (Å²) in [6, 6.07) is 11.7. The lowest BCUT2D eigenvalue weighted by molar-refractivity contribution is 0.0736. The fourth-order valence-corrected chi connectivity index (χ4v) is 5.07. The average molecular weight is 476 g/mol. The molecule has 0 spiro atoms. The number of carbonyl (C=O) groups is 2. The zero-order valence-corrected chi connectivity index (χ0v) is 20.1. The van der Waals surface area contributed by atoms with Crippen molar-refractivity contribution in [3.05, 3.63) is 54.0 Å². The molecule has 1 atom stereocenters. The zero-order valence-electron chi connectivity index (χ0n) is 20.1. The van der Waals surface area contributed by atoms with E-state index in [0.717, 1.165) is 43.7 Å². The number of hydrogen-bond acceptors (Lipinski definition) is 6. The maximum atomic E-state index is 13.2. The summed E-state index contributed by atoms with van der Waals surface area (Å²) in [6.45, 7) is 4.03. The summed E-state index contributed by atoms with van der Waals surface area (Å²) in [5, 5.41) is 5.98. The van der Waals surface area contributed by atoms with Crippen molar-refractivity contribution in [2.24, 2.45) is 5.10 Å². The maximum absolute atomic E-state index is 13.2. The highest BCUT2D eigenvalue weighted by Crippen LogP contribution is 2.29. The number of nitrogens with zero attached hydrogens (tertiary/aromatic N) is 7. The van der Waals surface area contributed by atoms with Crippen LogP contribution >= 0.6 is 0 Å². The van der Waals surface area contributed by atoms with Crippen molar-refractivity contribution < 1.29 is 9.59 Å². The number of amides is 3. The molecule has 184 valence electrons. The number of carbonyl (C=O) groups excluding carboxylic acids is 2. The first-order valence-electron chi connectivity index (χ1n) is 12.7. The third-order valence-corrected chi connectivity index (χ3v) is 7.10. The molecule has 1 unspecified atom stereocenters. The van der Waals surface area contributed by atoms with Gasteiger partial charge >= 0.3 is 6.03 Å². The van der Waals surface area contributed by atoms with E-state index >= 15 is 0 Å². The lowest BCUT2D eigenvalue weighted by atomic mass is 10.1. The largest absolute Gasteiger partial charge is 0.353 e. The standard InChI is InChI=1S/C26H33N7O2/c34-25(31-13-7-2-1-3-8-14-31)22-19-24(28-20-27-22)30-15-17-32(18-16-30)26(35)33-23(11-12-29-33)21-9-5-4-6-10-21/h4-6,9-10,12,19-20,23H,1-3,7-8,11,13-18H2. The van der Waals surface area contributed by atoms with Crippen molar-refractivity contribution >= 4 is 24.0 Å². The molecule has 9 nitrogen and oxygen atoms in total. The van der Waals surface area contributed by atoms with Crippen LogP contribution in [0.1, 0.15) is 60.6 Å². The first-order valence-corrected chi connectivity index (χ1v) is 12.7. The number of rotatable bonds is 3. The van der Waals surface area contributed by atoms with E-state index in [9.17, 15) is 9.59 Å². The number of benzene rings is 1. The molecule has 0 radical (unpaired) electrons. The molecule has 2 aromatic rings. The van der Waals surface area contributed by atoms with Gasteiger partial charge in [-0.3, -0.25) is 4.79 Å². The second kappa shape index (κ2) is 10.8. The minimum absolute atomic E-state index is 0.0109. The molecule has 2 fully saturated rings. The number of hydrazone groups is 1. The SMILES string of the molecule is O=C(c1cc(N2CCN(C(=O)N3N=CCC3c3ccccc3)CC2)ncn1)N1CCCCCCC1. The molecule has 0 bridgehead atoms. The molecule has 0 aliphatic carbocycles. The van der Waals surface area contributed by atoms with Gasteiger partial charge in [0.25, 0.3) is 5.91 Å². The Labute approximate surface area is 206 Å². The number of hydrogen-bond donors (Lipinski definition) is 0. The molecular weight excluding hydrogens is 442 g/mol. The number of piperazine rings is 1. The quantitative estimate of drug-likeness (QED) is 0.678. The fraction of sp³-hybridized carbons (Fsp3) is 0.500. The van der Waals surface area contributed by atoms with E-state index in [1.54, 1.807) is 11.1 Å². The Bertz CT molecular complexity index is 1040. The maximum Gasteiger partial charge on any atom is 0.341 e. The Morgan fingerprint density at radius 3 is 2.26 bits per heavy atom. The van der Waals surface area contributed by atoms with Crippen LogP contribution in [0.25, 0.3) is 0 Å². The van der Waals surface area contributed by atoms with E-state index in [2.05, 4.69) is 20.0 Å². The van der Waals surface area contributed by atoms with Crippen molar-refractivity contribution in [3.63, 3.8) is 0 Å². The Hall–Kier alpha value is -3.49. The summed E-state index contributed by atoms with van der Waals surface area (Å²) < 4.78 is 0. The fourth-order valence-electron chi connectivity index (χ4n) is 5.07. The van der Waals surface area contributed by atoms with Gasteiger partial charge in [-0.1, -0.05) is 49.6 Å². The van der Waals surface area contributed by atoms with Gasteiger partial charge in [0.05, 0.1) is 6.04 Å². The minimum Gasteiger partial charge on any atom is -0.353 e. The van der Waals surface area contributed by atoms with Crippen molar-refractivity contribution in [1.29, 1.82) is 0 Å². The highest BCUT2D eigenvalue weighted by molar-refractivity contribution is 5.93. The van der Waals surface area contributed by atoms with Gasteiger partial charge in [0.1, 0.15) is 17.8 Å². The molecule has 1 aromatic heterocycles. The van der Waals surface area contributed by atoms with Crippen LogP contribution in [0.3, 0.4) is 0 Å². The monoisotopic (exact) mass is 475 g/mol. The number of aromatic nitrogens is 2. The van der Waals surface area contributed by atoms with E-state index in [0.29, 0.717) is 31.9 Å². The second-order valence-corrected chi connectivity index (χ2v) is 9.38. The molecule has 0 saturated carbocycles. The predicted molar refractivity (Wildman–Crippen MR) is 134 cm³/mol. The first-order chi connectivity index (χ1) is 17.2. The summed E-state index contributed by atoms with van der Waals surface area (Å²) >= 11 is 0. The third kappa shape index (κ3) is 5.28. The van der Waals surface area contributed by atoms with Crippen LogP contribution in [0.4, 0.5) is 10.6 Å². The van der Waals surface area contributed by atoms with E-state index in [1.807, 2.05) is 46.3 Å². The van der Waals surface area contributed by atoms with Crippen LogP contribution < -0.4 is 4.90 Å². The normalized spacial score (nSPS) is 21.1. The molecule has 0 N–H and O–H groups in total. The Kier molecular flexibility index (Phi) is 7.20. The Balaban J connectivity index is 1.20. The van der Waals surface area contributed by atoms with Gasteiger partial charge in [-0.25, -0.2) is 19.8 Å². The summed E-state index contributed by atoms with van der Waals surface area (Å²) in [7, 11) is 0. The molecule has 9 heteroatoms. The van der Waals surface area contributed by atoms with Crippen molar-refractivity contribution in [3.8, 4) is 0 Å². The number of likely N-dealkylation sites (tertiary alicyclic amines) is 1. The van der Waals surface area contributed by atoms with Gasteiger partial charge in [-0.2, -0.15) is 5.10 Å². The van der Waals surface area contributed by atoms with E-state index < -0.39 is 0 Å². The molecule has 2 saturated heterocycles. The smallest absolute Gasteiger partial charge is 0.341 e. The van der Waals surface area contributed by atoms with Gasteiger partial charge in [0.15, 0.2) is 0 Å². The van der Waals surface area contributed by atoms with Gasteiger partial charge in [-0.15, -0.1) is 0 Å². The second-order valence-electron chi connectivity index (χ2n) is 9.38. The van der Waals surface area contributed by atoms with Crippen LogP contribution in [0.2, 0.25) is 0 Å². The van der Waals surface area contributed by atoms with E-state index in [4.69, 9.17) is 0 Å². The van der Waals surface area contributed by atoms with Crippen LogP contribution in [0, 0.1) is 0 Å². The molecular formula is C26H33N7O2. The lowest BCUT2D eigenvalue weighted by Crippen LogP contribution is -2.52. The third-order valence-electron chi connectivity index (χ3n) is 7.10. The molecule has 3 amide bonds. The number of anilines is 1. The average Bonchev–Trinajstić information content (AvgIpc) is 3.39. The predicted octanol–water partition coefficient (Wildman–Crippen LogP) is 3.56. The van der Waals surface area contributed by atoms with Crippen LogP contribution in [0.5, 0.6) is 0 Å². The summed E-state index contributed by atoms with van der Waals surface area (Å²) in [5.74, 6) is 0.729. The highest BCUT2D eigenvalue weighted by Gasteiger charge is 2.33. The van der Waals surface area contributed by atoms with Crippen LogP contribution in [-0.4, -0.2) is 82.2 Å². The van der Waals surface area contributed by atoms with Crippen molar-refractivity contribution in [2.45, 2.75) is 44.6 Å². The summed E-state index contributed by atoms with van der Waals surface area (Å²) in [6.07, 6.45) is 9.73. The van der Waals surface area contributed by atoms with E-state index in [-0.39, 0.29) is 18.0 Å². The summed E-state index contributed by atoms with van der Waals surface area (Å²) in [4.78, 5) is 40.9. The Morgan fingerprint density at radius 2 is 1.51 bits per heavy atom. The van der Waals surface area contributed by atoms with Gasteiger partial charge in [0.2, 0.25) is 0 Å². The molecule has 4 heterocycles. The van der Waals surface area contributed by atoms with Crippen molar-refractivity contribution in [2.75, 3.05) is 44.2 Å². The van der Waals surface area contributed by atoms with Gasteiger partial charge in [-0.05, 0) is 18.4 Å². The van der Waals surface area contributed by atoms with Crippen LogP contribution in [-0.2, 0) is 0 Å². The topological polar surface area (TPSA) is 85.2 Å². The lowest BCUT2D eigenvalue weighted by Gasteiger charge is -2.37. The van der Waals surface area contributed by atoms with Gasteiger partial charge < -0.3 is 14.7 Å². The molecule has 3 aliphatic rings.